The highest BCUT2D eigenvalue weighted by molar-refractivity contribution is 7.54. The Labute approximate surface area is 126 Å². The summed E-state index contributed by atoms with van der Waals surface area (Å²) in [5.74, 6) is -0.924. The van der Waals surface area contributed by atoms with Crippen LogP contribution in [0.25, 0.3) is 0 Å². The molecule has 122 valence electrons. The molecule has 1 aliphatic rings. The molecule has 0 aliphatic heterocycles. The van der Waals surface area contributed by atoms with E-state index in [0.717, 1.165) is 12.8 Å². The van der Waals surface area contributed by atoms with Crippen LogP contribution in [0.5, 0.6) is 0 Å². The van der Waals surface area contributed by atoms with E-state index in [-0.39, 0.29) is 43.0 Å². The number of hydrogen-bond donors (Lipinski definition) is 0. The smallest absolute Gasteiger partial charge is 0.338 e. The lowest BCUT2D eigenvalue weighted by Gasteiger charge is -2.27. The van der Waals surface area contributed by atoms with E-state index in [1.807, 2.05) is 0 Å². The van der Waals surface area contributed by atoms with E-state index in [9.17, 15) is 14.2 Å². The minimum absolute atomic E-state index is 0.145. The zero-order chi connectivity index (χ0) is 15.9. The van der Waals surface area contributed by atoms with Crippen LogP contribution in [0.3, 0.4) is 0 Å². The molecule has 21 heavy (non-hydrogen) atoms. The predicted molar refractivity (Wildman–Crippen MR) is 78.2 cm³/mol. The lowest BCUT2D eigenvalue weighted by molar-refractivity contribution is -0.147. The summed E-state index contributed by atoms with van der Waals surface area (Å²) < 4.78 is 27.4. The van der Waals surface area contributed by atoms with Gasteiger partial charge in [0.1, 0.15) is 11.9 Å². The van der Waals surface area contributed by atoms with Crippen LogP contribution in [-0.2, 0) is 27.9 Å². The van der Waals surface area contributed by atoms with Gasteiger partial charge in [-0.3, -0.25) is 14.2 Å². The monoisotopic (exact) mass is 320 g/mol. The molecule has 0 N–H and O–H groups in total. The number of esters is 1. The Morgan fingerprint density at radius 3 is 2.19 bits per heavy atom. The van der Waals surface area contributed by atoms with Crippen LogP contribution in [0.2, 0.25) is 0 Å². The summed E-state index contributed by atoms with van der Waals surface area (Å²) in [4.78, 5) is 23.9. The fraction of sp³-hybridized carbons (Fsp3) is 0.857. The maximum Gasteiger partial charge on any atom is 0.338 e. The van der Waals surface area contributed by atoms with Gasteiger partial charge in [-0.2, -0.15) is 0 Å². The van der Waals surface area contributed by atoms with Gasteiger partial charge in [-0.1, -0.05) is 6.42 Å². The first-order chi connectivity index (χ1) is 9.95. The standard InChI is InChI=1S/C14H25O6P/c1-4-19-21(17,20-5-2)10-13(15)11-7-6-8-12(9-11)14(16)18-3/h11-12H,4-10H2,1-3H3. The second-order valence-electron chi connectivity index (χ2n) is 5.15. The average molecular weight is 320 g/mol. The van der Waals surface area contributed by atoms with Crippen LogP contribution >= 0.6 is 7.60 Å². The fourth-order valence-corrected chi connectivity index (χ4v) is 4.39. The predicted octanol–water partition coefficient (Wildman–Crippen LogP) is 2.80. The van der Waals surface area contributed by atoms with Crippen LogP contribution < -0.4 is 0 Å². The zero-order valence-corrected chi connectivity index (χ0v) is 13.9. The van der Waals surface area contributed by atoms with Gasteiger partial charge >= 0.3 is 13.6 Å². The molecule has 1 fully saturated rings. The maximum absolute atomic E-state index is 12.4. The van der Waals surface area contributed by atoms with E-state index in [1.165, 1.54) is 7.11 Å². The zero-order valence-electron chi connectivity index (χ0n) is 13.0. The largest absolute Gasteiger partial charge is 0.469 e. The quantitative estimate of drug-likeness (QED) is 0.505. The van der Waals surface area contributed by atoms with Crippen molar-refractivity contribution in [2.24, 2.45) is 11.8 Å². The Bertz CT molecular complexity index is 398. The van der Waals surface area contributed by atoms with Crippen molar-refractivity contribution in [1.82, 2.24) is 0 Å². The SMILES string of the molecule is CCOP(=O)(CC(=O)C1CCCC(C(=O)OC)C1)OCC. The van der Waals surface area contributed by atoms with Crippen LogP contribution in [-0.4, -0.2) is 38.2 Å². The summed E-state index contributed by atoms with van der Waals surface area (Å²) in [5, 5.41) is 0. The van der Waals surface area contributed by atoms with Crippen molar-refractivity contribution in [3.63, 3.8) is 0 Å². The first kappa shape index (κ1) is 18.3. The Kier molecular flexibility index (Phi) is 7.57. The Balaban J connectivity index is 2.65. The molecule has 2 atom stereocenters. The molecule has 0 aromatic carbocycles. The third-order valence-corrected chi connectivity index (χ3v) is 5.67. The van der Waals surface area contributed by atoms with Gasteiger partial charge in [0.15, 0.2) is 0 Å². The molecule has 0 heterocycles. The highest BCUT2D eigenvalue weighted by Gasteiger charge is 2.36. The first-order valence-corrected chi connectivity index (χ1v) is 9.17. The number of methoxy groups -OCH3 is 1. The molecule has 0 bridgehead atoms. The number of ether oxygens (including phenoxy) is 1. The normalized spacial score (nSPS) is 22.8. The lowest BCUT2D eigenvalue weighted by atomic mass is 9.80. The summed E-state index contributed by atoms with van der Waals surface area (Å²) in [6, 6.07) is 0. The molecule has 0 saturated heterocycles. The maximum atomic E-state index is 12.4. The Hall–Kier alpha value is -0.710. The lowest BCUT2D eigenvalue weighted by Crippen LogP contribution is -2.29. The molecule has 1 rings (SSSR count). The summed E-state index contributed by atoms with van der Waals surface area (Å²) in [7, 11) is -2.00. The molecule has 6 nitrogen and oxygen atoms in total. The van der Waals surface area contributed by atoms with E-state index < -0.39 is 7.60 Å². The topological polar surface area (TPSA) is 78.9 Å². The van der Waals surface area contributed by atoms with Crippen molar-refractivity contribution in [2.45, 2.75) is 39.5 Å². The number of Topliss-reactive ketones (excluding diaryl/α,β-unsaturated/α-hetero) is 1. The summed E-state index contributed by atoms with van der Waals surface area (Å²) >= 11 is 0. The average Bonchev–Trinajstić information content (AvgIpc) is 2.46. The van der Waals surface area contributed by atoms with Crippen molar-refractivity contribution in [1.29, 1.82) is 0 Å². The molecule has 1 saturated carbocycles. The van der Waals surface area contributed by atoms with Gasteiger partial charge < -0.3 is 13.8 Å². The number of rotatable bonds is 8. The Morgan fingerprint density at radius 1 is 1.10 bits per heavy atom. The molecule has 1 aliphatic carbocycles. The fourth-order valence-electron chi connectivity index (χ4n) is 2.70. The summed E-state index contributed by atoms with van der Waals surface area (Å²) in [6.07, 6.45) is 2.50. The van der Waals surface area contributed by atoms with Crippen LogP contribution in [0.15, 0.2) is 0 Å². The Morgan fingerprint density at radius 2 is 1.67 bits per heavy atom. The molecule has 0 aromatic heterocycles. The second-order valence-corrected chi connectivity index (χ2v) is 7.21. The van der Waals surface area contributed by atoms with Gasteiger partial charge in [-0.05, 0) is 33.1 Å². The summed E-state index contributed by atoms with van der Waals surface area (Å²) in [5.41, 5.74) is 0. The summed E-state index contributed by atoms with van der Waals surface area (Å²) in [6.45, 7) is 3.90. The van der Waals surface area contributed by atoms with E-state index in [2.05, 4.69) is 0 Å². The van der Waals surface area contributed by atoms with Gasteiger partial charge in [0.05, 0.1) is 26.2 Å². The number of ketones is 1. The minimum Gasteiger partial charge on any atom is -0.469 e. The van der Waals surface area contributed by atoms with Crippen molar-refractivity contribution in [2.75, 3.05) is 26.5 Å². The second kappa shape index (κ2) is 8.66. The van der Waals surface area contributed by atoms with Gasteiger partial charge in [-0.15, -0.1) is 0 Å². The number of carbonyl (C=O) groups is 2. The first-order valence-electron chi connectivity index (χ1n) is 7.44. The van der Waals surface area contributed by atoms with Gasteiger partial charge in [0.25, 0.3) is 0 Å². The molecule has 2 unspecified atom stereocenters. The van der Waals surface area contributed by atoms with Crippen LogP contribution in [0.1, 0.15) is 39.5 Å². The molecule has 0 radical (unpaired) electrons. The molecule has 0 aromatic rings. The van der Waals surface area contributed by atoms with Crippen molar-refractivity contribution < 1.29 is 27.9 Å². The van der Waals surface area contributed by atoms with Crippen LogP contribution in [0, 0.1) is 11.8 Å². The third kappa shape index (κ3) is 5.53. The van der Waals surface area contributed by atoms with Crippen molar-refractivity contribution in [3.05, 3.63) is 0 Å². The van der Waals surface area contributed by atoms with Crippen molar-refractivity contribution >= 4 is 19.3 Å². The molecular weight excluding hydrogens is 295 g/mol. The number of carbonyl (C=O) groups excluding carboxylic acids is 2. The highest BCUT2D eigenvalue weighted by Crippen LogP contribution is 2.49. The number of hydrogen-bond acceptors (Lipinski definition) is 6. The third-order valence-electron chi connectivity index (χ3n) is 3.67. The minimum atomic E-state index is -3.36. The van der Waals surface area contributed by atoms with E-state index in [1.54, 1.807) is 13.8 Å². The van der Waals surface area contributed by atoms with E-state index in [0.29, 0.717) is 12.8 Å². The van der Waals surface area contributed by atoms with E-state index >= 15 is 0 Å². The van der Waals surface area contributed by atoms with Gasteiger partial charge in [-0.25, -0.2) is 0 Å². The van der Waals surface area contributed by atoms with Gasteiger partial charge in [0.2, 0.25) is 0 Å². The van der Waals surface area contributed by atoms with Crippen LogP contribution in [0.4, 0.5) is 0 Å². The molecule has 0 spiro atoms. The molecule has 7 heteroatoms. The molecular formula is C14H25O6P. The highest BCUT2D eigenvalue weighted by atomic mass is 31.2. The molecule has 0 amide bonds. The van der Waals surface area contributed by atoms with E-state index in [4.69, 9.17) is 13.8 Å². The van der Waals surface area contributed by atoms with Crippen molar-refractivity contribution in [3.8, 4) is 0 Å². The van der Waals surface area contributed by atoms with Gasteiger partial charge in [0, 0.05) is 5.92 Å².